The van der Waals surface area contributed by atoms with Crippen LogP contribution in [0.5, 0.6) is 0 Å². The summed E-state index contributed by atoms with van der Waals surface area (Å²) in [4.78, 5) is 2.46. The minimum Gasteiger partial charge on any atom is -0.383 e. The van der Waals surface area contributed by atoms with Crippen LogP contribution in [-0.2, 0) is 11.3 Å². The largest absolute Gasteiger partial charge is 0.383 e. The average Bonchev–Trinajstić information content (AvgIpc) is 2.42. The van der Waals surface area contributed by atoms with Gasteiger partial charge in [0.1, 0.15) is 0 Å². The zero-order valence-corrected chi connectivity index (χ0v) is 14.2. The molecule has 4 heteroatoms. The third-order valence-corrected chi connectivity index (χ3v) is 4.39. The van der Waals surface area contributed by atoms with Gasteiger partial charge in [-0.25, -0.2) is 0 Å². The summed E-state index contributed by atoms with van der Waals surface area (Å²) in [5.41, 5.74) is 2.84. The zero-order chi connectivity index (χ0) is 15.3. The van der Waals surface area contributed by atoms with E-state index in [1.54, 1.807) is 7.11 Å². The van der Waals surface area contributed by atoms with E-state index in [1.807, 2.05) is 12.1 Å². The van der Waals surface area contributed by atoms with Gasteiger partial charge in [-0.2, -0.15) is 0 Å². The van der Waals surface area contributed by atoms with E-state index >= 15 is 0 Å². The highest BCUT2D eigenvalue weighted by Crippen LogP contribution is 2.36. The lowest BCUT2D eigenvalue weighted by molar-refractivity contribution is 0.199. The lowest BCUT2D eigenvalue weighted by Crippen LogP contribution is -2.40. The van der Waals surface area contributed by atoms with E-state index in [9.17, 15) is 0 Å². The van der Waals surface area contributed by atoms with Crippen molar-refractivity contribution in [3.63, 3.8) is 0 Å². The van der Waals surface area contributed by atoms with E-state index in [2.05, 4.69) is 30.1 Å². The lowest BCUT2D eigenvalue weighted by Gasteiger charge is -2.40. The fraction of sp³-hybridized carbons (Fsp3) is 0.647. The van der Waals surface area contributed by atoms with Gasteiger partial charge in [-0.1, -0.05) is 37.6 Å². The Bertz CT molecular complexity index is 462. The van der Waals surface area contributed by atoms with Crippen LogP contribution in [0.15, 0.2) is 18.2 Å². The summed E-state index contributed by atoms with van der Waals surface area (Å²) in [5.74, 6) is 0. The van der Waals surface area contributed by atoms with Crippen LogP contribution in [0.2, 0.25) is 5.02 Å². The number of para-hydroxylation sites is 1. The number of ether oxygens (including phenoxy) is 1. The molecule has 1 fully saturated rings. The van der Waals surface area contributed by atoms with Crippen molar-refractivity contribution in [2.45, 2.75) is 33.2 Å². The smallest absolute Gasteiger partial charge is 0.0642 e. The second-order valence-electron chi connectivity index (χ2n) is 6.61. The second-order valence-corrected chi connectivity index (χ2v) is 7.01. The van der Waals surface area contributed by atoms with Crippen LogP contribution in [0.25, 0.3) is 0 Å². The summed E-state index contributed by atoms with van der Waals surface area (Å²) >= 11 is 6.50. The van der Waals surface area contributed by atoms with E-state index in [0.29, 0.717) is 5.41 Å². The molecular weight excluding hydrogens is 284 g/mol. The molecule has 1 aliphatic heterocycles. The Labute approximate surface area is 133 Å². The van der Waals surface area contributed by atoms with Gasteiger partial charge in [0, 0.05) is 33.3 Å². The van der Waals surface area contributed by atoms with Crippen LogP contribution in [0.1, 0.15) is 32.3 Å². The fourth-order valence-corrected chi connectivity index (χ4v) is 3.38. The van der Waals surface area contributed by atoms with Crippen molar-refractivity contribution in [2.75, 3.05) is 38.3 Å². The highest BCUT2D eigenvalue weighted by Gasteiger charge is 2.28. The van der Waals surface area contributed by atoms with E-state index in [-0.39, 0.29) is 0 Å². The molecule has 1 aliphatic rings. The summed E-state index contributed by atoms with van der Waals surface area (Å²) in [6, 6.07) is 6.20. The summed E-state index contributed by atoms with van der Waals surface area (Å²) < 4.78 is 5.08. The van der Waals surface area contributed by atoms with Crippen molar-refractivity contribution in [1.29, 1.82) is 0 Å². The highest BCUT2D eigenvalue weighted by atomic mass is 35.5. The van der Waals surface area contributed by atoms with E-state index in [0.717, 1.165) is 37.8 Å². The number of benzene rings is 1. The highest BCUT2D eigenvalue weighted by molar-refractivity contribution is 6.33. The maximum atomic E-state index is 6.50. The molecule has 0 bridgehead atoms. The van der Waals surface area contributed by atoms with Gasteiger partial charge in [0.25, 0.3) is 0 Å². The van der Waals surface area contributed by atoms with Crippen LogP contribution in [0.4, 0.5) is 5.69 Å². The molecule has 1 saturated heterocycles. The molecule has 3 nitrogen and oxygen atoms in total. The summed E-state index contributed by atoms with van der Waals surface area (Å²) in [6.07, 6.45) is 2.52. The molecule has 0 saturated carbocycles. The van der Waals surface area contributed by atoms with Crippen molar-refractivity contribution in [3.8, 4) is 0 Å². The predicted octanol–water partition coefficient (Wildman–Crippen LogP) is 3.70. The first-order valence-electron chi connectivity index (χ1n) is 7.75. The van der Waals surface area contributed by atoms with Gasteiger partial charge >= 0.3 is 0 Å². The van der Waals surface area contributed by atoms with Crippen molar-refractivity contribution >= 4 is 17.3 Å². The molecule has 1 heterocycles. The molecule has 1 aromatic carbocycles. The Morgan fingerprint density at radius 1 is 1.38 bits per heavy atom. The Morgan fingerprint density at radius 3 is 2.90 bits per heavy atom. The molecule has 1 aromatic rings. The van der Waals surface area contributed by atoms with Gasteiger partial charge in [0.05, 0.1) is 17.3 Å². The molecule has 0 aromatic heterocycles. The third kappa shape index (κ3) is 4.60. The Balaban J connectivity index is 2.13. The molecule has 2 rings (SSSR count). The predicted molar refractivity (Wildman–Crippen MR) is 90.3 cm³/mol. The number of anilines is 1. The minimum absolute atomic E-state index is 0.359. The van der Waals surface area contributed by atoms with Gasteiger partial charge in [-0.05, 0) is 29.9 Å². The molecule has 0 amide bonds. The third-order valence-electron chi connectivity index (χ3n) is 4.09. The molecule has 1 N–H and O–H groups in total. The van der Waals surface area contributed by atoms with E-state index < -0.39 is 0 Å². The molecule has 0 atom stereocenters. The quantitative estimate of drug-likeness (QED) is 0.811. The standard InChI is InChI=1S/C17H27ClN2O/c1-17(2)8-5-10-20(13-17)16-14(6-4-7-15(16)18)12-19-9-11-21-3/h4,6-7,19H,5,8-13H2,1-3H3. The van der Waals surface area contributed by atoms with Gasteiger partial charge in [0.2, 0.25) is 0 Å². The van der Waals surface area contributed by atoms with E-state index in [1.165, 1.54) is 24.1 Å². The first kappa shape index (κ1) is 16.6. The molecular formula is C17H27ClN2O. The second kappa shape index (κ2) is 7.48. The van der Waals surface area contributed by atoms with Crippen molar-refractivity contribution in [2.24, 2.45) is 5.41 Å². The molecule has 118 valence electrons. The maximum absolute atomic E-state index is 6.50. The number of halogens is 1. The van der Waals surface area contributed by atoms with Gasteiger partial charge in [0.15, 0.2) is 0 Å². The normalized spacial score (nSPS) is 18.0. The number of nitrogens with one attached hydrogen (secondary N) is 1. The molecule has 21 heavy (non-hydrogen) atoms. The summed E-state index contributed by atoms with van der Waals surface area (Å²) in [7, 11) is 1.72. The average molecular weight is 311 g/mol. The van der Waals surface area contributed by atoms with Gasteiger partial charge in [-0.15, -0.1) is 0 Å². The van der Waals surface area contributed by atoms with Crippen LogP contribution < -0.4 is 10.2 Å². The number of methoxy groups -OCH3 is 1. The first-order valence-corrected chi connectivity index (χ1v) is 8.13. The molecule has 0 spiro atoms. The Hall–Kier alpha value is -0.770. The Morgan fingerprint density at radius 2 is 2.19 bits per heavy atom. The van der Waals surface area contributed by atoms with E-state index in [4.69, 9.17) is 16.3 Å². The molecule has 0 unspecified atom stereocenters. The van der Waals surface area contributed by atoms with Crippen molar-refractivity contribution < 1.29 is 4.74 Å². The van der Waals surface area contributed by atoms with Crippen LogP contribution >= 0.6 is 11.6 Å². The number of rotatable bonds is 6. The van der Waals surface area contributed by atoms with Crippen LogP contribution in [0, 0.1) is 5.41 Å². The Kier molecular flexibility index (Phi) is 5.91. The molecule has 0 radical (unpaired) electrons. The SMILES string of the molecule is COCCNCc1cccc(Cl)c1N1CCCC(C)(C)C1. The van der Waals surface area contributed by atoms with Crippen LogP contribution in [-0.4, -0.2) is 33.4 Å². The summed E-state index contributed by atoms with van der Waals surface area (Å²) in [6.45, 7) is 9.26. The first-order chi connectivity index (χ1) is 10.0. The lowest BCUT2D eigenvalue weighted by atomic mass is 9.84. The van der Waals surface area contributed by atoms with Crippen molar-refractivity contribution in [3.05, 3.63) is 28.8 Å². The van der Waals surface area contributed by atoms with Crippen molar-refractivity contribution in [1.82, 2.24) is 5.32 Å². The fourth-order valence-electron chi connectivity index (χ4n) is 3.07. The molecule has 0 aliphatic carbocycles. The number of piperidine rings is 1. The topological polar surface area (TPSA) is 24.5 Å². The zero-order valence-electron chi connectivity index (χ0n) is 13.4. The van der Waals surface area contributed by atoms with Gasteiger partial charge < -0.3 is 15.0 Å². The van der Waals surface area contributed by atoms with Crippen LogP contribution in [0.3, 0.4) is 0 Å². The number of nitrogens with zero attached hydrogens (tertiary/aromatic N) is 1. The number of hydrogen-bond acceptors (Lipinski definition) is 3. The monoisotopic (exact) mass is 310 g/mol. The maximum Gasteiger partial charge on any atom is 0.0642 e. The minimum atomic E-state index is 0.359. The number of hydrogen-bond donors (Lipinski definition) is 1. The van der Waals surface area contributed by atoms with Gasteiger partial charge in [-0.3, -0.25) is 0 Å². The summed E-state index contributed by atoms with van der Waals surface area (Å²) in [5, 5.41) is 4.28.